The smallest absolute Gasteiger partial charge is 0.224 e. The zero-order valence-corrected chi connectivity index (χ0v) is 21.8. The Kier molecular flexibility index (Phi) is 6.92. The van der Waals surface area contributed by atoms with Crippen LogP contribution in [-0.4, -0.2) is 27.7 Å². The largest absolute Gasteiger partial charge is 0.494 e. The summed E-state index contributed by atoms with van der Waals surface area (Å²) in [6.45, 7) is 3.92. The molecule has 0 aliphatic carbocycles. The Labute approximate surface area is 222 Å². The fraction of sp³-hybridized carbons (Fsp3) is 0.207. The van der Waals surface area contributed by atoms with Crippen molar-refractivity contribution in [3.63, 3.8) is 0 Å². The van der Waals surface area contributed by atoms with Gasteiger partial charge in [-0.25, -0.2) is 0 Å². The van der Waals surface area contributed by atoms with Crippen LogP contribution in [0.3, 0.4) is 0 Å². The second-order valence-corrected chi connectivity index (χ2v) is 9.24. The lowest BCUT2D eigenvalue weighted by Gasteiger charge is -2.30. The van der Waals surface area contributed by atoms with Crippen molar-refractivity contribution < 1.29 is 9.53 Å². The summed E-state index contributed by atoms with van der Waals surface area (Å²) in [4.78, 5) is 18.8. The molecule has 2 aromatic carbocycles. The average molecular weight is 512 g/mol. The number of para-hydroxylation sites is 1. The third kappa shape index (κ3) is 4.68. The summed E-state index contributed by atoms with van der Waals surface area (Å²) < 4.78 is 7.91. The Hall–Kier alpha value is -4.17. The van der Waals surface area contributed by atoms with E-state index in [-0.39, 0.29) is 18.0 Å². The zero-order chi connectivity index (χ0) is 25.9. The van der Waals surface area contributed by atoms with Gasteiger partial charge in [-0.2, -0.15) is 0 Å². The molecule has 0 spiro atoms. The quantitative estimate of drug-likeness (QED) is 0.310. The molecule has 37 heavy (non-hydrogen) atoms. The van der Waals surface area contributed by atoms with Gasteiger partial charge in [0.25, 0.3) is 0 Å². The van der Waals surface area contributed by atoms with Crippen LogP contribution in [0.5, 0.6) is 5.75 Å². The van der Waals surface area contributed by atoms with Crippen molar-refractivity contribution in [3.8, 4) is 11.4 Å². The van der Waals surface area contributed by atoms with Gasteiger partial charge in [0.15, 0.2) is 5.11 Å². The van der Waals surface area contributed by atoms with E-state index >= 15 is 0 Å². The number of aryl methyl sites for hydroxylation is 1. The maximum Gasteiger partial charge on any atom is 0.224 e. The van der Waals surface area contributed by atoms with Crippen molar-refractivity contribution in [3.05, 3.63) is 102 Å². The number of pyridine rings is 1. The molecular weight excluding hydrogens is 482 g/mol. The van der Waals surface area contributed by atoms with Crippen LogP contribution < -0.4 is 20.3 Å². The summed E-state index contributed by atoms with van der Waals surface area (Å²) in [5, 5.41) is 7.02. The zero-order valence-electron chi connectivity index (χ0n) is 21.0. The molecule has 2 N–H and O–H groups in total. The fourth-order valence-electron chi connectivity index (χ4n) is 4.82. The van der Waals surface area contributed by atoms with Crippen LogP contribution in [0.4, 0.5) is 11.4 Å². The van der Waals surface area contributed by atoms with E-state index in [2.05, 4.69) is 56.3 Å². The van der Waals surface area contributed by atoms with Gasteiger partial charge >= 0.3 is 0 Å². The Morgan fingerprint density at radius 2 is 1.84 bits per heavy atom. The third-order valence-electron chi connectivity index (χ3n) is 6.58. The lowest BCUT2D eigenvalue weighted by molar-refractivity contribution is -0.115. The number of ether oxygens (including phenoxy) is 1. The number of nitrogens with one attached hydrogen (secondary N) is 2. The van der Waals surface area contributed by atoms with E-state index in [1.165, 1.54) is 0 Å². The summed E-state index contributed by atoms with van der Waals surface area (Å²) in [5.41, 5.74) is 5.65. The highest BCUT2D eigenvalue weighted by atomic mass is 32.1. The highest BCUT2D eigenvalue weighted by Gasteiger charge is 2.42. The van der Waals surface area contributed by atoms with E-state index in [1.54, 1.807) is 13.3 Å². The maximum absolute atomic E-state index is 12.0. The van der Waals surface area contributed by atoms with Crippen LogP contribution in [0.2, 0.25) is 0 Å². The highest BCUT2D eigenvalue weighted by molar-refractivity contribution is 7.80. The molecule has 188 valence electrons. The number of amides is 1. The Morgan fingerprint density at radius 3 is 2.54 bits per heavy atom. The van der Waals surface area contributed by atoms with Gasteiger partial charge in [-0.05, 0) is 67.7 Å². The molecular formula is C29H29N5O2S. The maximum atomic E-state index is 12.0. The number of thiocarbonyl (C=S) groups is 1. The van der Waals surface area contributed by atoms with Gasteiger partial charge in [0.05, 0.1) is 24.5 Å². The van der Waals surface area contributed by atoms with E-state index in [0.29, 0.717) is 23.0 Å². The van der Waals surface area contributed by atoms with E-state index in [1.807, 2.05) is 61.5 Å². The van der Waals surface area contributed by atoms with Crippen molar-refractivity contribution in [1.82, 2.24) is 14.9 Å². The SMILES string of the molecule is CCC(=O)Nc1ccc(N2C(=S)N[C@@H](c3ccccn3)[C@H]2c2ccc(C)n2-c2ccccc2)cc1OC. The number of benzene rings is 2. The lowest BCUT2D eigenvalue weighted by atomic mass is 10.0. The number of aromatic nitrogens is 2. The average Bonchev–Trinajstić information content (AvgIpc) is 3.48. The van der Waals surface area contributed by atoms with Crippen LogP contribution >= 0.6 is 12.2 Å². The molecule has 0 radical (unpaired) electrons. The number of methoxy groups -OCH3 is 1. The molecule has 8 heteroatoms. The Balaban J connectivity index is 1.65. The normalized spacial score (nSPS) is 16.9. The molecule has 7 nitrogen and oxygen atoms in total. The molecule has 2 atom stereocenters. The van der Waals surface area contributed by atoms with E-state index < -0.39 is 0 Å². The molecule has 1 fully saturated rings. The Bertz CT molecular complexity index is 1420. The minimum Gasteiger partial charge on any atom is -0.494 e. The van der Waals surface area contributed by atoms with Crippen molar-refractivity contribution in [1.29, 1.82) is 0 Å². The molecule has 2 aromatic heterocycles. The summed E-state index contributed by atoms with van der Waals surface area (Å²) in [7, 11) is 1.60. The second kappa shape index (κ2) is 10.4. The molecule has 1 aliphatic rings. The number of anilines is 2. The number of rotatable bonds is 7. The van der Waals surface area contributed by atoms with Crippen molar-refractivity contribution in [2.75, 3.05) is 17.3 Å². The minimum absolute atomic E-state index is 0.0753. The predicted octanol–water partition coefficient (Wildman–Crippen LogP) is 5.71. The number of hydrogen-bond donors (Lipinski definition) is 2. The van der Waals surface area contributed by atoms with Gasteiger partial charge in [0.1, 0.15) is 11.8 Å². The van der Waals surface area contributed by atoms with Gasteiger partial charge in [-0.15, -0.1) is 0 Å². The van der Waals surface area contributed by atoms with Crippen molar-refractivity contribution in [2.45, 2.75) is 32.4 Å². The summed E-state index contributed by atoms with van der Waals surface area (Å²) in [5.74, 6) is 0.491. The molecule has 4 aromatic rings. The van der Waals surface area contributed by atoms with Gasteiger partial charge in [0, 0.05) is 41.4 Å². The van der Waals surface area contributed by atoms with Crippen LogP contribution in [0.25, 0.3) is 5.69 Å². The van der Waals surface area contributed by atoms with Gasteiger partial charge in [0.2, 0.25) is 5.91 Å². The number of carbonyl (C=O) groups is 1. The lowest BCUT2D eigenvalue weighted by Crippen LogP contribution is -2.30. The van der Waals surface area contributed by atoms with Crippen molar-refractivity contribution in [2.24, 2.45) is 0 Å². The van der Waals surface area contributed by atoms with Gasteiger partial charge < -0.3 is 24.8 Å². The van der Waals surface area contributed by atoms with E-state index in [0.717, 1.165) is 28.5 Å². The number of hydrogen-bond acceptors (Lipinski definition) is 4. The molecule has 1 saturated heterocycles. The molecule has 0 unspecified atom stereocenters. The first-order chi connectivity index (χ1) is 18.0. The van der Waals surface area contributed by atoms with Crippen LogP contribution in [0.1, 0.15) is 42.5 Å². The topological polar surface area (TPSA) is 71.4 Å². The number of nitrogens with zero attached hydrogens (tertiary/aromatic N) is 3. The highest BCUT2D eigenvalue weighted by Crippen LogP contribution is 2.44. The second-order valence-electron chi connectivity index (χ2n) is 8.85. The number of carbonyl (C=O) groups excluding carboxylic acids is 1. The first-order valence-corrected chi connectivity index (χ1v) is 12.6. The molecule has 1 aliphatic heterocycles. The standard InChI is InChI=1S/C29H29N5O2S/c1-4-26(35)31-22-15-14-21(18-25(22)36-3)34-28(27(32-29(34)37)23-12-8-9-17-30-23)24-16-13-19(2)33(24)20-10-6-5-7-11-20/h5-18,27-28H,4H2,1-3H3,(H,31,35)(H,32,37)/t27-,28+/m0/s1. The van der Waals surface area contributed by atoms with E-state index in [4.69, 9.17) is 17.0 Å². The van der Waals surface area contributed by atoms with Gasteiger partial charge in [-0.3, -0.25) is 9.78 Å². The van der Waals surface area contributed by atoms with Crippen LogP contribution in [-0.2, 0) is 4.79 Å². The summed E-state index contributed by atoms with van der Waals surface area (Å²) >= 11 is 5.91. The molecule has 5 rings (SSSR count). The predicted molar refractivity (Wildman–Crippen MR) is 150 cm³/mol. The minimum atomic E-state index is -0.197. The Morgan fingerprint density at radius 1 is 1.05 bits per heavy atom. The van der Waals surface area contributed by atoms with Gasteiger partial charge in [-0.1, -0.05) is 31.2 Å². The molecule has 3 heterocycles. The third-order valence-corrected chi connectivity index (χ3v) is 6.89. The molecule has 0 saturated carbocycles. The summed E-state index contributed by atoms with van der Waals surface area (Å²) in [6, 6.07) is 25.8. The molecule has 0 bridgehead atoms. The fourth-order valence-corrected chi connectivity index (χ4v) is 5.17. The van der Waals surface area contributed by atoms with Crippen LogP contribution in [0, 0.1) is 6.92 Å². The summed E-state index contributed by atoms with van der Waals surface area (Å²) in [6.07, 6.45) is 2.18. The van der Waals surface area contributed by atoms with Crippen LogP contribution in [0.15, 0.2) is 85.1 Å². The first kappa shape index (κ1) is 24.5. The van der Waals surface area contributed by atoms with E-state index in [9.17, 15) is 4.79 Å². The molecule has 1 amide bonds. The first-order valence-electron chi connectivity index (χ1n) is 12.2. The monoisotopic (exact) mass is 511 g/mol. The van der Waals surface area contributed by atoms with Crippen molar-refractivity contribution >= 4 is 34.6 Å².